The number of aromatic amines is 1. The third-order valence-electron chi connectivity index (χ3n) is 4.64. The predicted octanol–water partition coefficient (Wildman–Crippen LogP) is 3.29. The number of H-pyrrole nitrogens is 1. The number of halogens is 1. The zero-order chi connectivity index (χ0) is 18.1. The summed E-state index contributed by atoms with van der Waals surface area (Å²) in [4.78, 5) is 20.7. The molecular weight excluding hydrogens is 350 g/mol. The number of aryl methyl sites for hydroxylation is 1. The number of fused-ring (bicyclic) bond motifs is 1. The van der Waals surface area contributed by atoms with E-state index < -0.39 is 5.56 Å². The van der Waals surface area contributed by atoms with Gasteiger partial charge in [0.2, 0.25) is 0 Å². The molecule has 0 saturated heterocycles. The average molecular weight is 368 g/mol. The molecule has 6 nitrogen and oxygen atoms in total. The number of rotatable bonds is 3. The van der Waals surface area contributed by atoms with E-state index in [4.69, 9.17) is 11.6 Å². The van der Waals surface area contributed by atoms with E-state index in [0.29, 0.717) is 12.2 Å². The van der Waals surface area contributed by atoms with Crippen molar-refractivity contribution in [2.45, 2.75) is 13.5 Å². The normalized spacial score (nSPS) is 13.6. The van der Waals surface area contributed by atoms with Crippen molar-refractivity contribution in [1.82, 2.24) is 15.2 Å². The van der Waals surface area contributed by atoms with Crippen LogP contribution in [-0.4, -0.2) is 28.3 Å². The lowest BCUT2D eigenvalue weighted by atomic mass is 10.1. The predicted molar refractivity (Wildman–Crippen MR) is 103 cm³/mol. The lowest BCUT2D eigenvalue weighted by molar-refractivity contribution is 0.731. The SMILES string of the molecule is Cc1ccccc1CN1CCN(c2cn[nH]c(=O)c2Cl)c2cccnc21. The van der Waals surface area contributed by atoms with Crippen LogP contribution in [0.5, 0.6) is 0 Å². The first kappa shape index (κ1) is 16.6. The van der Waals surface area contributed by atoms with Gasteiger partial charge in [0.05, 0.1) is 17.6 Å². The van der Waals surface area contributed by atoms with Crippen molar-refractivity contribution in [3.63, 3.8) is 0 Å². The summed E-state index contributed by atoms with van der Waals surface area (Å²) in [5.41, 5.74) is 3.65. The van der Waals surface area contributed by atoms with Crippen LogP contribution in [0.15, 0.2) is 53.6 Å². The standard InChI is InChI=1S/C19H18ClN5O/c1-13-5-2-3-6-14(13)12-24-9-10-25(15-7-4-8-21-18(15)24)16-11-22-23-19(26)17(16)20/h2-8,11H,9-10,12H2,1H3,(H,23,26). The van der Waals surface area contributed by atoms with Gasteiger partial charge in [0.15, 0.2) is 5.82 Å². The highest BCUT2D eigenvalue weighted by Gasteiger charge is 2.27. The molecule has 26 heavy (non-hydrogen) atoms. The maximum Gasteiger partial charge on any atom is 0.285 e. The number of nitrogens with one attached hydrogen (secondary N) is 1. The summed E-state index contributed by atoms with van der Waals surface area (Å²) in [6, 6.07) is 12.2. The molecular formula is C19H18ClN5O. The minimum absolute atomic E-state index is 0.141. The van der Waals surface area contributed by atoms with Crippen molar-refractivity contribution in [2.24, 2.45) is 0 Å². The molecule has 0 bridgehead atoms. The third kappa shape index (κ3) is 2.93. The number of hydrogen-bond donors (Lipinski definition) is 1. The summed E-state index contributed by atoms with van der Waals surface area (Å²) in [5.74, 6) is 0.873. The molecule has 7 heteroatoms. The monoisotopic (exact) mass is 367 g/mol. The Labute approximate surface area is 156 Å². The Morgan fingerprint density at radius 3 is 2.85 bits per heavy atom. The third-order valence-corrected chi connectivity index (χ3v) is 5.01. The molecule has 0 radical (unpaired) electrons. The van der Waals surface area contributed by atoms with Gasteiger partial charge in [-0.3, -0.25) is 4.79 Å². The molecule has 1 aliphatic heterocycles. The molecule has 1 aromatic carbocycles. The van der Waals surface area contributed by atoms with Crippen LogP contribution in [0.2, 0.25) is 5.02 Å². The smallest absolute Gasteiger partial charge is 0.285 e. The van der Waals surface area contributed by atoms with Gasteiger partial charge in [-0.05, 0) is 30.2 Å². The van der Waals surface area contributed by atoms with Crippen molar-refractivity contribution < 1.29 is 0 Å². The van der Waals surface area contributed by atoms with Crippen molar-refractivity contribution >= 4 is 28.8 Å². The Bertz CT molecular complexity index is 1000. The van der Waals surface area contributed by atoms with Gasteiger partial charge in [-0.1, -0.05) is 35.9 Å². The topological polar surface area (TPSA) is 65.1 Å². The van der Waals surface area contributed by atoms with Crippen molar-refractivity contribution in [3.05, 3.63) is 75.3 Å². The lowest BCUT2D eigenvalue weighted by Gasteiger charge is -2.38. The quantitative estimate of drug-likeness (QED) is 0.769. The number of aromatic nitrogens is 3. The summed E-state index contributed by atoms with van der Waals surface area (Å²) in [6.45, 7) is 4.36. The molecule has 3 aromatic rings. The minimum Gasteiger partial charge on any atom is -0.349 e. The summed E-state index contributed by atoms with van der Waals surface area (Å²) in [6.07, 6.45) is 3.36. The molecule has 0 atom stereocenters. The lowest BCUT2D eigenvalue weighted by Crippen LogP contribution is -2.39. The Hall–Kier alpha value is -2.86. The van der Waals surface area contributed by atoms with Gasteiger partial charge in [0, 0.05) is 25.8 Å². The second-order valence-corrected chi connectivity index (χ2v) is 6.62. The first-order chi connectivity index (χ1) is 12.6. The van der Waals surface area contributed by atoms with Crippen LogP contribution in [-0.2, 0) is 6.54 Å². The van der Waals surface area contributed by atoms with Crippen LogP contribution >= 0.6 is 11.6 Å². The first-order valence-electron chi connectivity index (χ1n) is 8.40. The number of benzene rings is 1. The van der Waals surface area contributed by atoms with E-state index in [1.807, 2.05) is 23.1 Å². The Kier molecular flexibility index (Phi) is 4.34. The molecule has 132 valence electrons. The number of nitrogens with zero attached hydrogens (tertiary/aromatic N) is 4. The molecule has 1 aliphatic rings. The molecule has 1 N–H and O–H groups in total. The summed E-state index contributed by atoms with van der Waals surface area (Å²) < 4.78 is 0. The Morgan fingerprint density at radius 2 is 2.00 bits per heavy atom. The largest absolute Gasteiger partial charge is 0.349 e. The van der Waals surface area contributed by atoms with E-state index >= 15 is 0 Å². The van der Waals surface area contributed by atoms with Crippen LogP contribution in [0.4, 0.5) is 17.2 Å². The van der Waals surface area contributed by atoms with E-state index in [9.17, 15) is 4.79 Å². The average Bonchev–Trinajstić information content (AvgIpc) is 2.66. The molecule has 0 amide bonds. The highest BCUT2D eigenvalue weighted by Crippen LogP contribution is 2.38. The highest BCUT2D eigenvalue weighted by atomic mass is 35.5. The van der Waals surface area contributed by atoms with Gasteiger partial charge in [-0.2, -0.15) is 5.10 Å². The molecule has 3 heterocycles. The van der Waals surface area contributed by atoms with Crippen molar-refractivity contribution in [3.8, 4) is 0 Å². The maximum absolute atomic E-state index is 11.8. The van der Waals surface area contributed by atoms with E-state index in [-0.39, 0.29) is 5.02 Å². The van der Waals surface area contributed by atoms with Crippen LogP contribution in [0.25, 0.3) is 0 Å². The zero-order valence-corrected chi connectivity index (χ0v) is 15.1. The molecule has 2 aromatic heterocycles. The second kappa shape index (κ2) is 6.80. The first-order valence-corrected chi connectivity index (χ1v) is 8.78. The van der Waals surface area contributed by atoms with E-state index in [0.717, 1.165) is 24.6 Å². The number of pyridine rings is 1. The van der Waals surface area contributed by atoms with Crippen LogP contribution in [0.3, 0.4) is 0 Å². The summed E-state index contributed by atoms with van der Waals surface area (Å²) in [7, 11) is 0. The Balaban J connectivity index is 1.73. The fourth-order valence-electron chi connectivity index (χ4n) is 3.25. The summed E-state index contributed by atoms with van der Waals surface area (Å²) >= 11 is 6.22. The Morgan fingerprint density at radius 1 is 1.15 bits per heavy atom. The van der Waals surface area contributed by atoms with Crippen LogP contribution < -0.4 is 15.4 Å². The number of anilines is 3. The number of hydrogen-bond acceptors (Lipinski definition) is 5. The van der Waals surface area contributed by atoms with Gasteiger partial charge in [0.1, 0.15) is 5.02 Å². The van der Waals surface area contributed by atoms with E-state index in [1.165, 1.54) is 11.1 Å². The minimum atomic E-state index is -0.392. The molecule has 0 aliphatic carbocycles. The van der Waals surface area contributed by atoms with Crippen molar-refractivity contribution in [2.75, 3.05) is 22.9 Å². The van der Waals surface area contributed by atoms with Gasteiger partial charge in [0.25, 0.3) is 5.56 Å². The van der Waals surface area contributed by atoms with Gasteiger partial charge in [-0.15, -0.1) is 0 Å². The van der Waals surface area contributed by atoms with E-state index in [2.05, 4.69) is 45.2 Å². The highest BCUT2D eigenvalue weighted by molar-refractivity contribution is 6.33. The zero-order valence-electron chi connectivity index (χ0n) is 14.3. The van der Waals surface area contributed by atoms with Gasteiger partial charge >= 0.3 is 0 Å². The van der Waals surface area contributed by atoms with Crippen LogP contribution in [0.1, 0.15) is 11.1 Å². The fourth-order valence-corrected chi connectivity index (χ4v) is 3.44. The molecule has 0 unspecified atom stereocenters. The fraction of sp³-hybridized carbons (Fsp3) is 0.211. The second-order valence-electron chi connectivity index (χ2n) is 6.24. The van der Waals surface area contributed by atoms with Crippen molar-refractivity contribution in [1.29, 1.82) is 0 Å². The van der Waals surface area contributed by atoms with Gasteiger partial charge < -0.3 is 9.80 Å². The van der Waals surface area contributed by atoms with E-state index in [1.54, 1.807) is 12.4 Å². The van der Waals surface area contributed by atoms with Gasteiger partial charge in [-0.25, -0.2) is 10.1 Å². The molecule has 4 rings (SSSR count). The summed E-state index contributed by atoms with van der Waals surface area (Å²) in [5, 5.41) is 6.40. The molecule has 0 spiro atoms. The molecule has 0 saturated carbocycles. The molecule has 0 fully saturated rings. The van der Waals surface area contributed by atoms with Crippen LogP contribution in [0, 0.1) is 6.92 Å². The maximum atomic E-state index is 11.8.